The van der Waals surface area contributed by atoms with Crippen LogP contribution in [0.15, 0.2) is 0 Å². The predicted molar refractivity (Wildman–Crippen MR) is 43.2 cm³/mol. The molecule has 0 aromatic carbocycles. The maximum Gasteiger partial charge on any atom is 0.222 e. The summed E-state index contributed by atoms with van der Waals surface area (Å²) in [5.41, 5.74) is 0. The van der Waals surface area contributed by atoms with Crippen molar-refractivity contribution in [2.75, 3.05) is 13.6 Å². The molecule has 0 aliphatic heterocycles. The number of rotatable bonds is 5. The van der Waals surface area contributed by atoms with Gasteiger partial charge in [-0.05, 0) is 6.42 Å². The molecule has 3 nitrogen and oxygen atoms in total. The third-order valence-electron chi connectivity index (χ3n) is 1.54. The van der Waals surface area contributed by atoms with Crippen molar-refractivity contribution in [3.8, 4) is 0 Å². The highest BCUT2D eigenvalue weighted by molar-refractivity contribution is 5.75. The number of hydrogen-bond acceptors (Lipinski definition) is 2. The Morgan fingerprint density at radius 1 is 1.55 bits per heavy atom. The Kier molecular flexibility index (Phi) is 5.43. The second-order valence-corrected chi connectivity index (χ2v) is 2.48. The maximum atomic E-state index is 10.9. The summed E-state index contributed by atoms with van der Waals surface area (Å²) in [4.78, 5) is 22.5. The average Bonchev–Trinajstić information content (AvgIpc) is 2.03. The fourth-order valence-corrected chi connectivity index (χ4v) is 0.806. The molecular weight excluding hydrogens is 142 g/mol. The summed E-state index contributed by atoms with van der Waals surface area (Å²) in [6.07, 6.45) is 2.73. The molecule has 0 unspecified atom stereocenters. The summed E-state index contributed by atoms with van der Waals surface area (Å²) in [6, 6.07) is 0. The quantitative estimate of drug-likeness (QED) is 0.438. The van der Waals surface area contributed by atoms with Gasteiger partial charge in [-0.15, -0.1) is 0 Å². The van der Waals surface area contributed by atoms with Crippen LogP contribution < -0.4 is 0 Å². The number of unbranched alkanes of at least 4 members (excludes halogenated alkanes) is 1. The summed E-state index contributed by atoms with van der Waals surface area (Å²) in [6.45, 7) is 2.52. The van der Waals surface area contributed by atoms with E-state index in [-0.39, 0.29) is 5.91 Å². The van der Waals surface area contributed by atoms with Crippen LogP contribution >= 0.6 is 0 Å². The standard InChI is InChI=1S/C8H15NO2/c1-3-8(11)9(2)6-4-5-7-10/h7H,3-6H2,1-2H3. The summed E-state index contributed by atoms with van der Waals surface area (Å²) in [7, 11) is 1.76. The lowest BCUT2D eigenvalue weighted by Gasteiger charge is -2.14. The lowest BCUT2D eigenvalue weighted by molar-refractivity contribution is -0.129. The van der Waals surface area contributed by atoms with E-state index in [4.69, 9.17) is 0 Å². The van der Waals surface area contributed by atoms with E-state index in [2.05, 4.69) is 0 Å². The molecular formula is C8H15NO2. The van der Waals surface area contributed by atoms with Crippen LogP contribution in [0, 0.1) is 0 Å². The Morgan fingerprint density at radius 2 is 2.18 bits per heavy atom. The molecule has 0 aliphatic rings. The van der Waals surface area contributed by atoms with Gasteiger partial charge in [0.25, 0.3) is 0 Å². The van der Waals surface area contributed by atoms with Crippen molar-refractivity contribution in [2.45, 2.75) is 26.2 Å². The summed E-state index contributed by atoms with van der Waals surface area (Å²) < 4.78 is 0. The number of carbonyl (C=O) groups excluding carboxylic acids is 2. The number of amides is 1. The molecule has 11 heavy (non-hydrogen) atoms. The maximum absolute atomic E-state index is 10.9. The van der Waals surface area contributed by atoms with Gasteiger partial charge in [0.2, 0.25) is 5.91 Å². The molecule has 1 amide bonds. The van der Waals surface area contributed by atoms with Crippen LogP contribution in [0.3, 0.4) is 0 Å². The monoisotopic (exact) mass is 157 g/mol. The van der Waals surface area contributed by atoms with Crippen LogP contribution in [-0.2, 0) is 9.59 Å². The van der Waals surface area contributed by atoms with Gasteiger partial charge in [-0.25, -0.2) is 0 Å². The minimum atomic E-state index is 0.135. The zero-order valence-corrected chi connectivity index (χ0v) is 7.17. The molecule has 0 spiro atoms. The van der Waals surface area contributed by atoms with Gasteiger partial charge in [0.05, 0.1) is 0 Å². The predicted octanol–water partition coefficient (Wildman–Crippen LogP) is 0.834. The van der Waals surface area contributed by atoms with Gasteiger partial charge in [-0.2, -0.15) is 0 Å². The Hall–Kier alpha value is -0.860. The first-order valence-corrected chi connectivity index (χ1v) is 3.90. The first kappa shape index (κ1) is 10.1. The molecule has 0 aromatic rings. The van der Waals surface area contributed by atoms with Crippen LogP contribution in [0.5, 0.6) is 0 Å². The minimum Gasteiger partial charge on any atom is -0.346 e. The number of aldehydes is 1. The second-order valence-electron chi connectivity index (χ2n) is 2.48. The summed E-state index contributed by atoms with van der Waals surface area (Å²) in [5, 5.41) is 0. The number of hydrogen-bond donors (Lipinski definition) is 0. The largest absolute Gasteiger partial charge is 0.346 e. The molecule has 3 heteroatoms. The highest BCUT2D eigenvalue weighted by Gasteiger charge is 2.03. The number of nitrogens with zero attached hydrogens (tertiary/aromatic N) is 1. The number of carbonyl (C=O) groups is 2. The lowest BCUT2D eigenvalue weighted by atomic mass is 10.3. The van der Waals surface area contributed by atoms with Crippen molar-refractivity contribution in [2.24, 2.45) is 0 Å². The van der Waals surface area contributed by atoms with E-state index in [9.17, 15) is 9.59 Å². The van der Waals surface area contributed by atoms with Crippen molar-refractivity contribution in [3.63, 3.8) is 0 Å². The highest BCUT2D eigenvalue weighted by atomic mass is 16.2. The Bertz CT molecular complexity index is 134. The van der Waals surface area contributed by atoms with Crippen molar-refractivity contribution in [1.29, 1.82) is 0 Å². The van der Waals surface area contributed by atoms with Gasteiger partial charge in [0, 0.05) is 26.4 Å². The molecule has 0 aliphatic carbocycles. The first-order chi connectivity index (χ1) is 5.22. The van der Waals surface area contributed by atoms with E-state index in [1.54, 1.807) is 11.9 Å². The normalized spacial score (nSPS) is 9.27. The van der Waals surface area contributed by atoms with Crippen molar-refractivity contribution >= 4 is 12.2 Å². The molecule has 0 saturated carbocycles. The summed E-state index contributed by atoms with van der Waals surface area (Å²) >= 11 is 0. The lowest BCUT2D eigenvalue weighted by Crippen LogP contribution is -2.26. The van der Waals surface area contributed by atoms with E-state index in [1.165, 1.54) is 0 Å². The van der Waals surface area contributed by atoms with Crippen LogP contribution in [0.25, 0.3) is 0 Å². The third-order valence-corrected chi connectivity index (χ3v) is 1.54. The van der Waals surface area contributed by atoms with Crippen LogP contribution in [-0.4, -0.2) is 30.7 Å². The molecule has 0 atom stereocenters. The summed E-state index contributed by atoms with van der Waals surface area (Å²) in [5.74, 6) is 0.135. The van der Waals surface area contributed by atoms with Gasteiger partial charge in [-0.3, -0.25) is 4.79 Å². The van der Waals surface area contributed by atoms with Gasteiger partial charge < -0.3 is 9.69 Å². The van der Waals surface area contributed by atoms with E-state index in [0.29, 0.717) is 19.4 Å². The van der Waals surface area contributed by atoms with Crippen molar-refractivity contribution in [3.05, 3.63) is 0 Å². The third kappa shape index (κ3) is 4.53. The van der Waals surface area contributed by atoms with Crippen molar-refractivity contribution in [1.82, 2.24) is 4.90 Å². The van der Waals surface area contributed by atoms with E-state index in [0.717, 1.165) is 12.7 Å². The molecule has 0 rings (SSSR count). The molecule has 0 saturated heterocycles. The van der Waals surface area contributed by atoms with Crippen LogP contribution in [0.2, 0.25) is 0 Å². The first-order valence-electron chi connectivity index (χ1n) is 3.90. The van der Waals surface area contributed by atoms with Gasteiger partial charge in [-0.1, -0.05) is 6.92 Å². The Balaban J connectivity index is 3.43. The molecule has 0 bridgehead atoms. The molecule has 64 valence electrons. The van der Waals surface area contributed by atoms with E-state index >= 15 is 0 Å². The Labute approximate surface area is 67.4 Å². The fraction of sp³-hybridized carbons (Fsp3) is 0.750. The van der Waals surface area contributed by atoms with Gasteiger partial charge in [0.15, 0.2) is 0 Å². The highest BCUT2D eigenvalue weighted by Crippen LogP contribution is 1.93. The van der Waals surface area contributed by atoms with E-state index in [1.807, 2.05) is 6.92 Å². The molecule has 0 radical (unpaired) electrons. The molecule has 0 heterocycles. The minimum absolute atomic E-state index is 0.135. The van der Waals surface area contributed by atoms with Crippen LogP contribution in [0.4, 0.5) is 0 Å². The van der Waals surface area contributed by atoms with Gasteiger partial charge >= 0.3 is 0 Å². The smallest absolute Gasteiger partial charge is 0.222 e. The van der Waals surface area contributed by atoms with Gasteiger partial charge in [0.1, 0.15) is 6.29 Å². The van der Waals surface area contributed by atoms with Crippen LogP contribution in [0.1, 0.15) is 26.2 Å². The fourth-order valence-electron chi connectivity index (χ4n) is 0.806. The average molecular weight is 157 g/mol. The SMILES string of the molecule is CCC(=O)N(C)CCCC=O. The zero-order valence-electron chi connectivity index (χ0n) is 7.17. The molecule has 0 fully saturated rings. The Morgan fingerprint density at radius 3 is 2.64 bits per heavy atom. The topological polar surface area (TPSA) is 37.4 Å². The molecule has 0 aromatic heterocycles. The van der Waals surface area contributed by atoms with Crippen molar-refractivity contribution < 1.29 is 9.59 Å². The second kappa shape index (κ2) is 5.89. The molecule has 0 N–H and O–H groups in total. The zero-order chi connectivity index (χ0) is 8.69. The van der Waals surface area contributed by atoms with E-state index < -0.39 is 0 Å².